The van der Waals surface area contributed by atoms with E-state index in [0.717, 1.165) is 26.1 Å². The summed E-state index contributed by atoms with van der Waals surface area (Å²) >= 11 is 0. The molecule has 80 valence electrons. The van der Waals surface area contributed by atoms with Crippen molar-refractivity contribution >= 4 is 5.91 Å². The van der Waals surface area contributed by atoms with Crippen LogP contribution in [0.15, 0.2) is 0 Å². The first-order valence-electron chi connectivity index (χ1n) is 5.46. The molecule has 2 atom stereocenters. The zero-order valence-corrected chi connectivity index (χ0v) is 8.75. The summed E-state index contributed by atoms with van der Waals surface area (Å²) in [4.78, 5) is 13.1. The highest BCUT2D eigenvalue weighted by atomic mass is 16.2. The SMILES string of the molecule is CN1CC(NC2CCNC2)CCC1=O. The minimum atomic E-state index is 0.285. The fourth-order valence-corrected chi connectivity index (χ4v) is 2.28. The van der Waals surface area contributed by atoms with Crippen molar-refractivity contribution in [3.8, 4) is 0 Å². The first kappa shape index (κ1) is 9.93. The number of rotatable bonds is 2. The Bertz CT molecular complexity index is 213. The second-order valence-electron chi connectivity index (χ2n) is 4.37. The zero-order valence-electron chi connectivity index (χ0n) is 8.75. The highest BCUT2D eigenvalue weighted by Gasteiger charge is 2.25. The molecular formula is C10H19N3O. The molecule has 2 aliphatic heterocycles. The molecule has 2 N–H and O–H groups in total. The van der Waals surface area contributed by atoms with E-state index in [-0.39, 0.29) is 5.91 Å². The summed E-state index contributed by atoms with van der Waals surface area (Å²) < 4.78 is 0. The molecule has 2 unspecified atom stereocenters. The maximum atomic E-state index is 11.3. The molecule has 2 rings (SSSR count). The number of carbonyl (C=O) groups excluding carboxylic acids is 1. The molecule has 0 bridgehead atoms. The van der Waals surface area contributed by atoms with E-state index in [0.29, 0.717) is 18.5 Å². The van der Waals surface area contributed by atoms with E-state index in [1.165, 1.54) is 6.42 Å². The van der Waals surface area contributed by atoms with Gasteiger partial charge in [-0.25, -0.2) is 0 Å². The summed E-state index contributed by atoms with van der Waals surface area (Å²) in [6, 6.07) is 1.12. The molecule has 1 amide bonds. The van der Waals surface area contributed by atoms with Gasteiger partial charge in [0.15, 0.2) is 0 Å². The van der Waals surface area contributed by atoms with E-state index in [2.05, 4.69) is 10.6 Å². The van der Waals surface area contributed by atoms with Crippen LogP contribution >= 0.6 is 0 Å². The van der Waals surface area contributed by atoms with E-state index in [1.54, 1.807) is 0 Å². The van der Waals surface area contributed by atoms with Crippen LogP contribution in [0.2, 0.25) is 0 Å². The van der Waals surface area contributed by atoms with Crippen molar-refractivity contribution in [2.24, 2.45) is 0 Å². The van der Waals surface area contributed by atoms with Crippen LogP contribution in [0.5, 0.6) is 0 Å². The van der Waals surface area contributed by atoms with Crippen molar-refractivity contribution < 1.29 is 4.79 Å². The lowest BCUT2D eigenvalue weighted by Gasteiger charge is -2.32. The van der Waals surface area contributed by atoms with Gasteiger partial charge in [-0.05, 0) is 19.4 Å². The van der Waals surface area contributed by atoms with Crippen LogP contribution in [0.3, 0.4) is 0 Å². The average molecular weight is 197 g/mol. The molecule has 0 saturated carbocycles. The average Bonchev–Trinajstić information content (AvgIpc) is 2.64. The molecule has 0 aromatic heterocycles. The second kappa shape index (κ2) is 4.28. The first-order valence-corrected chi connectivity index (χ1v) is 5.46. The summed E-state index contributed by atoms with van der Waals surface area (Å²) in [5.74, 6) is 0.285. The summed E-state index contributed by atoms with van der Waals surface area (Å²) in [5, 5.41) is 6.95. The van der Waals surface area contributed by atoms with E-state index in [4.69, 9.17) is 0 Å². The fourth-order valence-electron chi connectivity index (χ4n) is 2.28. The summed E-state index contributed by atoms with van der Waals surface area (Å²) in [6.45, 7) is 3.07. The van der Waals surface area contributed by atoms with Gasteiger partial charge < -0.3 is 15.5 Å². The monoisotopic (exact) mass is 197 g/mol. The Morgan fingerprint density at radius 1 is 1.43 bits per heavy atom. The first-order chi connectivity index (χ1) is 6.75. The third-order valence-electron chi connectivity index (χ3n) is 3.16. The van der Waals surface area contributed by atoms with Crippen molar-refractivity contribution in [1.29, 1.82) is 0 Å². The van der Waals surface area contributed by atoms with E-state index >= 15 is 0 Å². The molecule has 2 saturated heterocycles. The molecule has 2 heterocycles. The summed E-state index contributed by atoms with van der Waals surface area (Å²) in [5.41, 5.74) is 0. The number of nitrogens with zero attached hydrogens (tertiary/aromatic N) is 1. The molecule has 4 nitrogen and oxygen atoms in total. The predicted octanol–water partition coefficient (Wildman–Crippen LogP) is -0.441. The smallest absolute Gasteiger partial charge is 0.222 e. The van der Waals surface area contributed by atoms with Crippen molar-refractivity contribution in [3.05, 3.63) is 0 Å². The Balaban J connectivity index is 1.78. The lowest BCUT2D eigenvalue weighted by atomic mass is 10.0. The highest BCUT2D eigenvalue weighted by molar-refractivity contribution is 5.76. The Hall–Kier alpha value is -0.610. The van der Waals surface area contributed by atoms with Crippen LogP contribution in [-0.2, 0) is 4.79 Å². The van der Waals surface area contributed by atoms with E-state index in [9.17, 15) is 4.79 Å². The minimum absolute atomic E-state index is 0.285. The molecule has 2 fully saturated rings. The van der Waals surface area contributed by atoms with Gasteiger partial charge in [0, 0.05) is 38.6 Å². The molecule has 0 aromatic rings. The van der Waals surface area contributed by atoms with Gasteiger partial charge in [0.1, 0.15) is 0 Å². The van der Waals surface area contributed by atoms with Gasteiger partial charge in [0.05, 0.1) is 0 Å². The quantitative estimate of drug-likeness (QED) is 0.631. The number of hydrogen-bond acceptors (Lipinski definition) is 3. The third kappa shape index (κ3) is 2.25. The number of amides is 1. The Morgan fingerprint density at radius 3 is 2.93 bits per heavy atom. The maximum Gasteiger partial charge on any atom is 0.222 e. The number of piperidine rings is 1. The van der Waals surface area contributed by atoms with Crippen molar-refractivity contribution in [2.45, 2.75) is 31.3 Å². The second-order valence-corrected chi connectivity index (χ2v) is 4.37. The number of carbonyl (C=O) groups is 1. The van der Waals surface area contributed by atoms with E-state index < -0.39 is 0 Å². The molecule has 0 spiro atoms. The largest absolute Gasteiger partial charge is 0.344 e. The number of likely N-dealkylation sites (tertiary alicyclic amines) is 1. The van der Waals surface area contributed by atoms with Crippen LogP contribution in [0, 0.1) is 0 Å². The Kier molecular flexibility index (Phi) is 3.03. The van der Waals surface area contributed by atoms with Crippen molar-refractivity contribution in [3.63, 3.8) is 0 Å². The fraction of sp³-hybridized carbons (Fsp3) is 0.900. The maximum absolute atomic E-state index is 11.3. The normalized spacial score (nSPS) is 33.8. The lowest BCUT2D eigenvalue weighted by Crippen LogP contribution is -2.50. The standard InChI is InChI=1S/C10H19N3O/c1-13-7-9(2-3-10(13)14)12-8-4-5-11-6-8/h8-9,11-12H,2-7H2,1H3. The molecule has 0 radical (unpaired) electrons. The van der Waals surface area contributed by atoms with Gasteiger partial charge in [-0.2, -0.15) is 0 Å². The number of likely N-dealkylation sites (N-methyl/N-ethyl adjacent to an activating group) is 1. The molecule has 0 aromatic carbocycles. The van der Waals surface area contributed by atoms with E-state index in [1.807, 2.05) is 11.9 Å². The van der Waals surface area contributed by atoms with Gasteiger partial charge in [0.25, 0.3) is 0 Å². The number of nitrogens with one attached hydrogen (secondary N) is 2. The van der Waals surface area contributed by atoms with Gasteiger partial charge in [-0.15, -0.1) is 0 Å². The van der Waals surface area contributed by atoms with Gasteiger partial charge in [-0.3, -0.25) is 4.79 Å². The topological polar surface area (TPSA) is 44.4 Å². The van der Waals surface area contributed by atoms with Gasteiger partial charge in [-0.1, -0.05) is 0 Å². The zero-order chi connectivity index (χ0) is 9.97. The predicted molar refractivity (Wildman–Crippen MR) is 55.1 cm³/mol. The third-order valence-corrected chi connectivity index (χ3v) is 3.16. The molecule has 14 heavy (non-hydrogen) atoms. The van der Waals surface area contributed by atoms with Crippen LogP contribution < -0.4 is 10.6 Å². The van der Waals surface area contributed by atoms with Gasteiger partial charge >= 0.3 is 0 Å². The van der Waals surface area contributed by atoms with Crippen LogP contribution in [0.25, 0.3) is 0 Å². The molecule has 2 aliphatic rings. The Labute approximate surface area is 85.0 Å². The summed E-state index contributed by atoms with van der Waals surface area (Å²) in [6.07, 6.45) is 2.92. The molecule has 4 heteroatoms. The van der Waals surface area contributed by atoms with Gasteiger partial charge in [0.2, 0.25) is 5.91 Å². The minimum Gasteiger partial charge on any atom is -0.344 e. The van der Waals surface area contributed by atoms with Crippen LogP contribution in [-0.4, -0.2) is 49.6 Å². The lowest BCUT2D eigenvalue weighted by molar-refractivity contribution is -0.132. The van der Waals surface area contributed by atoms with Crippen LogP contribution in [0.1, 0.15) is 19.3 Å². The number of hydrogen-bond donors (Lipinski definition) is 2. The molecule has 0 aliphatic carbocycles. The van der Waals surface area contributed by atoms with Crippen LogP contribution in [0.4, 0.5) is 0 Å². The van der Waals surface area contributed by atoms with Crippen molar-refractivity contribution in [1.82, 2.24) is 15.5 Å². The Morgan fingerprint density at radius 2 is 2.29 bits per heavy atom. The summed E-state index contributed by atoms with van der Waals surface area (Å²) in [7, 11) is 1.89. The van der Waals surface area contributed by atoms with Crippen molar-refractivity contribution in [2.75, 3.05) is 26.7 Å². The molecular weight excluding hydrogens is 178 g/mol. The highest BCUT2D eigenvalue weighted by Crippen LogP contribution is 2.11.